The van der Waals surface area contributed by atoms with Crippen LogP contribution in [-0.4, -0.2) is 72.7 Å². The van der Waals surface area contributed by atoms with Crippen LogP contribution in [0.4, 0.5) is 0 Å². The first-order valence-electron chi connectivity index (χ1n) is 12.9. The Balaban J connectivity index is 1.31. The molecule has 2 aliphatic heterocycles. The van der Waals surface area contributed by atoms with Crippen molar-refractivity contribution >= 4 is 23.8 Å². The van der Waals surface area contributed by atoms with E-state index in [9.17, 15) is 0 Å². The molecule has 10 heteroatoms. The van der Waals surface area contributed by atoms with Crippen LogP contribution in [0.15, 0.2) is 80.6 Å². The second kappa shape index (κ2) is 12.8. The minimum atomic E-state index is -0.314. The molecule has 6 N–H and O–H groups in total. The van der Waals surface area contributed by atoms with Crippen molar-refractivity contribution in [3.8, 4) is 0 Å². The Bertz CT molecular complexity index is 1130. The van der Waals surface area contributed by atoms with Gasteiger partial charge < -0.3 is 22.1 Å². The van der Waals surface area contributed by atoms with E-state index in [4.69, 9.17) is 16.5 Å². The predicted octanol–water partition coefficient (Wildman–Crippen LogP) is 1.71. The standard InChI is InChI=1S/C27H38N10/c1-20-32-25(29)37(27(33-20)31-18-15-22-12-7-4-8-13-22)19-16-23-34-24(28)36(2)26(35-23)30-17-9-14-21-10-5-3-6-11-21/h3-8,10-13,20,23H,9,14-19H2,1-2H3,(H2,28,34)(H2,29,32)(H,30,35)(H,31,33). The Morgan fingerprint density at radius 2 is 1.41 bits per heavy atom. The van der Waals surface area contributed by atoms with E-state index >= 15 is 0 Å². The number of nitrogens with two attached hydrogens (primary N) is 2. The molecule has 0 saturated carbocycles. The van der Waals surface area contributed by atoms with E-state index in [1.165, 1.54) is 11.1 Å². The zero-order valence-corrected chi connectivity index (χ0v) is 21.7. The first kappa shape index (κ1) is 26.0. The van der Waals surface area contributed by atoms with Crippen LogP contribution in [0.2, 0.25) is 0 Å². The van der Waals surface area contributed by atoms with Gasteiger partial charge in [-0.1, -0.05) is 60.7 Å². The number of benzene rings is 2. The fourth-order valence-corrected chi connectivity index (χ4v) is 4.25. The summed E-state index contributed by atoms with van der Waals surface area (Å²) in [6.07, 6.45) is 2.96. The maximum atomic E-state index is 6.30. The minimum Gasteiger partial charge on any atom is -0.369 e. The molecule has 2 aromatic carbocycles. The second-order valence-corrected chi connectivity index (χ2v) is 9.17. The molecule has 0 fully saturated rings. The number of rotatable bonds is 10. The normalized spacial score (nSPS) is 19.5. The molecule has 0 aliphatic carbocycles. The lowest BCUT2D eigenvalue weighted by atomic mass is 10.1. The average molecular weight is 503 g/mol. The van der Waals surface area contributed by atoms with Gasteiger partial charge in [-0.15, -0.1) is 0 Å². The van der Waals surface area contributed by atoms with E-state index in [0.717, 1.165) is 44.3 Å². The lowest BCUT2D eigenvalue weighted by molar-refractivity contribution is 0.473. The predicted molar refractivity (Wildman–Crippen MR) is 151 cm³/mol. The van der Waals surface area contributed by atoms with E-state index in [1.807, 2.05) is 43.1 Å². The number of guanidine groups is 4. The number of hydrogen-bond donors (Lipinski definition) is 4. The van der Waals surface area contributed by atoms with Crippen LogP contribution in [0.1, 0.15) is 30.9 Å². The van der Waals surface area contributed by atoms with E-state index < -0.39 is 0 Å². The van der Waals surface area contributed by atoms with E-state index in [1.54, 1.807) is 4.90 Å². The summed E-state index contributed by atoms with van der Waals surface area (Å²) in [6, 6.07) is 20.8. The van der Waals surface area contributed by atoms with Crippen molar-refractivity contribution < 1.29 is 0 Å². The Labute approximate surface area is 219 Å². The Kier molecular flexibility index (Phi) is 8.96. The summed E-state index contributed by atoms with van der Waals surface area (Å²) in [5, 5.41) is 6.86. The molecule has 0 aromatic heterocycles. The summed E-state index contributed by atoms with van der Waals surface area (Å²) >= 11 is 0. The maximum Gasteiger partial charge on any atom is 0.203 e. The second-order valence-electron chi connectivity index (χ2n) is 9.17. The van der Waals surface area contributed by atoms with E-state index in [-0.39, 0.29) is 12.3 Å². The SMILES string of the molecule is CC1N=C(N)N(CCC2N=C(N)N(C)C(NCCCc3ccccc3)=N2)C(NCCc2ccccc2)=N1. The van der Waals surface area contributed by atoms with Gasteiger partial charge in [0, 0.05) is 33.1 Å². The molecule has 2 aromatic rings. The van der Waals surface area contributed by atoms with Crippen molar-refractivity contribution in [1.82, 2.24) is 20.4 Å². The maximum absolute atomic E-state index is 6.30. The number of nitrogens with one attached hydrogen (secondary N) is 2. The van der Waals surface area contributed by atoms with Crippen LogP contribution in [0.3, 0.4) is 0 Å². The summed E-state index contributed by atoms with van der Waals surface area (Å²) in [5.41, 5.74) is 15.1. The fraction of sp³-hybridized carbons (Fsp3) is 0.407. The largest absolute Gasteiger partial charge is 0.369 e. The highest BCUT2D eigenvalue weighted by molar-refractivity contribution is 6.00. The van der Waals surface area contributed by atoms with Crippen molar-refractivity contribution in [2.75, 3.05) is 26.7 Å². The van der Waals surface area contributed by atoms with Crippen LogP contribution < -0.4 is 22.1 Å². The number of aryl methyl sites for hydroxylation is 1. The Hall–Kier alpha value is -4.08. The van der Waals surface area contributed by atoms with Gasteiger partial charge in [0.15, 0.2) is 11.9 Å². The van der Waals surface area contributed by atoms with Crippen molar-refractivity contribution in [3.05, 3.63) is 71.8 Å². The van der Waals surface area contributed by atoms with Gasteiger partial charge in [-0.25, -0.2) is 20.0 Å². The monoisotopic (exact) mass is 502 g/mol. The summed E-state index contributed by atoms with van der Waals surface area (Å²) in [5.74, 6) is 2.34. The van der Waals surface area contributed by atoms with Crippen LogP contribution in [0, 0.1) is 0 Å². The van der Waals surface area contributed by atoms with Gasteiger partial charge >= 0.3 is 0 Å². The Morgan fingerprint density at radius 1 is 0.757 bits per heavy atom. The smallest absolute Gasteiger partial charge is 0.203 e. The highest BCUT2D eigenvalue weighted by Gasteiger charge is 2.25. The molecule has 2 heterocycles. The summed E-state index contributed by atoms with van der Waals surface area (Å²) < 4.78 is 0. The number of hydrogen-bond acceptors (Lipinski definition) is 10. The highest BCUT2D eigenvalue weighted by Crippen LogP contribution is 2.12. The van der Waals surface area contributed by atoms with Crippen molar-refractivity contribution in [2.45, 2.75) is 44.9 Å². The molecule has 4 rings (SSSR count). The van der Waals surface area contributed by atoms with Gasteiger partial charge in [0.25, 0.3) is 0 Å². The fourth-order valence-electron chi connectivity index (χ4n) is 4.25. The van der Waals surface area contributed by atoms with Gasteiger partial charge in [-0.05, 0) is 37.3 Å². The average Bonchev–Trinajstić information content (AvgIpc) is 2.89. The third-order valence-corrected chi connectivity index (χ3v) is 6.29. The van der Waals surface area contributed by atoms with Crippen molar-refractivity contribution in [2.24, 2.45) is 31.4 Å². The van der Waals surface area contributed by atoms with Gasteiger partial charge in [0.1, 0.15) is 12.3 Å². The molecule has 0 spiro atoms. The van der Waals surface area contributed by atoms with Crippen molar-refractivity contribution in [1.29, 1.82) is 0 Å². The summed E-state index contributed by atoms with van der Waals surface area (Å²) in [4.78, 5) is 22.2. The molecular formula is C27H38N10. The Morgan fingerprint density at radius 3 is 2.11 bits per heavy atom. The summed E-state index contributed by atoms with van der Waals surface area (Å²) in [7, 11) is 1.87. The molecule has 0 saturated heterocycles. The minimum absolute atomic E-state index is 0.225. The summed E-state index contributed by atoms with van der Waals surface area (Å²) in [6.45, 7) is 4.03. The van der Waals surface area contributed by atoms with Crippen LogP contribution in [0.25, 0.3) is 0 Å². The molecule has 2 aliphatic rings. The zero-order valence-electron chi connectivity index (χ0n) is 21.7. The number of nitrogens with zero attached hydrogens (tertiary/aromatic N) is 6. The van der Waals surface area contributed by atoms with E-state index in [2.05, 4.69) is 62.0 Å². The van der Waals surface area contributed by atoms with Crippen LogP contribution >= 0.6 is 0 Å². The molecule has 2 atom stereocenters. The van der Waals surface area contributed by atoms with E-state index in [0.29, 0.717) is 24.9 Å². The van der Waals surface area contributed by atoms with Crippen LogP contribution in [0.5, 0.6) is 0 Å². The quantitative estimate of drug-likeness (QED) is 0.366. The van der Waals surface area contributed by atoms with Gasteiger partial charge in [-0.2, -0.15) is 0 Å². The van der Waals surface area contributed by atoms with Gasteiger partial charge in [-0.3, -0.25) is 9.80 Å². The zero-order chi connectivity index (χ0) is 26.0. The first-order valence-corrected chi connectivity index (χ1v) is 12.9. The first-order chi connectivity index (χ1) is 18.0. The molecule has 10 nitrogen and oxygen atoms in total. The highest BCUT2D eigenvalue weighted by atomic mass is 15.4. The van der Waals surface area contributed by atoms with Crippen molar-refractivity contribution in [3.63, 3.8) is 0 Å². The lowest BCUT2D eigenvalue weighted by Gasteiger charge is -2.31. The third-order valence-electron chi connectivity index (χ3n) is 6.29. The topological polar surface area (TPSA) is 132 Å². The molecular weight excluding hydrogens is 464 g/mol. The van der Waals surface area contributed by atoms with Gasteiger partial charge in [0.05, 0.1) is 0 Å². The molecule has 0 radical (unpaired) electrons. The molecule has 196 valence electrons. The lowest BCUT2D eigenvalue weighted by Crippen LogP contribution is -2.53. The number of aliphatic imine (C=N–C) groups is 4. The molecule has 0 bridgehead atoms. The van der Waals surface area contributed by atoms with Crippen LogP contribution in [-0.2, 0) is 12.8 Å². The molecule has 0 amide bonds. The molecule has 37 heavy (non-hydrogen) atoms. The third kappa shape index (κ3) is 7.45. The van der Waals surface area contributed by atoms with Gasteiger partial charge in [0.2, 0.25) is 11.9 Å². The molecule has 2 unspecified atom stereocenters.